The fraction of sp³-hybridized carbons (Fsp3) is 0.265. The number of aliphatic hydroxyl groups is 2. The minimum Gasteiger partial charge on any atom is -0.491 e. The number of ether oxygens (including phenoxy) is 2. The Hall–Kier alpha value is -4.13. The van der Waals surface area contributed by atoms with E-state index in [-0.39, 0.29) is 25.6 Å². The topological polar surface area (TPSA) is 96.2 Å². The number of aryl methyl sites for hydroxylation is 2. The summed E-state index contributed by atoms with van der Waals surface area (Å²) in [6.07, 6.45) is -0.849. The van der Waals surface area contributed by atoms with E-state index in [1.807, 2.05) is 74.5 Å². The number of hydrogen-bond donors (Lipinski definition) is 3. The third-order valence-corrected chi connectivity index (χ3v) is 7.67. The van der Waals surface area contributed by atoms with Crippen LogP contribution >= 0.6 is 0 Å². The lowest BCUT2D eigenvalue weighted by atomic mass is 9.90. The number of carboxylic acids is 1. The van der Waals surface area contributed by atoms with E-state index in [1.54, 1.807) is 0 Å². The summed E-state index contributed by atoms with van der Waals surface area (Å²) in [5.41, 5.74) is 10.8. The second kappa shape index (κ2) is 11.5. The molecule has 3 N–H and O–H groups in total. The first-order chi connectivity index (χ1) is 19.3. The van der Waals surface area contributed by atoms with Gasteiger partial charge in [-0.1, -0.05) is 48.5 Å². The van der Waals surface area contributed by atoms with Gasteiger partial charge in [0, 0.05) is 5.92 Å². The highest BCUT2D eigenvalue weighted by Gasteiger charge is 2.30. The number of benzene rings is 4. The van der Waals surface area contributed by atoms with Crippen molar-refractivity contribution in [1.29, 1.82) is 0 Å². The van der Waals surface area contributed by atoms with Gasteiger partial charge in [0.25, 0.3) is 0 Å². The molecule has 206 valence electrons. The Morgan fingerprint density at radius 1 is 0.825 bits per heavy atom. The minimum absolute atomic E-state index is 0.0368. The maximum atomic E-state index is 11.5. The smallest absolute Gasteiger partial charge is 0.304 e. The molecule has 0 aliphatic heterocycles. The maximum absolute atomic E-state index is 11.5. The van der Waals surface area contributed by atoms with Crippen LogP contribution in [0.5, 0.6) is 11.5 Å². The number of fused-ring (bicyclic) bond motifs is 3. The zero-order valence-electron chi connectivity index (χ0n) is 23.0. The Balaban J connectivity index is 1.37. The molecule has 0 spiro atoms. The summed E-state index contributed by atoms with van der Waals surface area (Å²) in [6.45, 7) is 6.28. The van der Waals surface area contributed by atoms with Gasteiger partial charge >= 0.3 is 5.97 Å². The molecule has 0 bridgehead atoms. The first-order valence-electron chi connectivity index (χ1n) is 13.5. The molecule has 4 aromatic rings. The molecule has 1 aliphatic rings. The highest BCUT2D eigenvalue weighted by atomic mass is 16.5. The molecule has 6 nitrogen and oxygen atoms in total. The van der Waals surface area contributed by atoms with Crippen LogP contribution in [0.4, 0.5) is 0 Å². The average molecular weight is 539 g/mol. The van der Waals surface area contributed by atoms with Crippen molar-refractivity contribution in [2.45, 2.75) is 45.8 Å². The molecule has 1 unspecified atom stereocenters. The molecule has 0 aromatic heterocycles. The number of aliphatic carboxylic acids is 1. The van der Waals surface area contributed by atoms with Crippen molar-refractivity contribution in [2.75, 3.05) is 13.2 Å². The van der Waals surface area contributed by atoms with Crippen molar-refractivity contribution < 1.29 is 29.6 Å². The zero-order valence-corrected chi connectivity index (χ0v) is 23.0. The molecular weight excluding hydrogens is 504 g/mol. The molecule has 0 fully saturated rings. The summed E-state index contributed by atoms with van der Waals surface area (Å²) in [7, 11) is 0. The second-order valence-corrected chi connectivity index (χ2v) is 10.4. The number of hydrogen-bond acceptors (Lipinski definition) is 5. The lowest BCUT2D eigenvalue weighted by Crippen LogP contribution is -2.21. The molecule has 40 heavy (non-hydrogen) atoms. The standard InChI is InChI=1S/C34H34O6/c1-20-13-26(40-19-24(36)17-35)14-21(2)34(20)27-10-6-7-23(22(27)3)18-39-25-11-12-30-31(15-25)28-8-4-5-9-29(28)32(30)16-33(37)38/h4-15,24,32,35-36H,16-19H2,1-3H3,(H,37,38)/t24-,32?/m0/s1. The Morgan fingerprint density at radius 2 is 1.52 bits per heavy atom. The first kappa shape index (κ1) is 27.4. The van der Waals surface area contributed by atoms with Gasteiger partial charge < -0.3 is 24.8 Å². The Bertz CT molecular complexity index is 1530. The van der Waals surface area contributed by atoms with Crippen molar-refractivity contribution >= 4 is 5.97 Å². The number of rotatable bonds is 10. The van der Waals surface area contributed by atoms with Crippen molar-refractivity contribution in [1.82, 2.24) is 0 Å². The Kier molecular flexibility index (Phi) is 7.92. The predicted octanol–water partition coefficient (Wildman–Crippen LogP) is 6.18. The predicted molar refractivity (Wildman–Crippen MR) is 155 cm³/mol. The summed E-state index contributed by atoms with van der Waals surface area (Å²) in [5.74, 6) is 0.441. The maximum Gasteiger partial charge on any atom is 0.304 e. The zero-order chi connectivity index (χ0) is 28.4. The van der Waals surface area contributed by atoms with Crippen molar-refractivity contribution in [3.05, 3.63) is 106 Å². The molecule has 1 aliphatic carbocycles. The normalized spacial score (nSPS) is 14.4. The molecule has 5 rings (SSSR count). The van der Waals surface area contributed by atoms with Crippen LogP contribution in [0.2, 0.25) is 0 Å². The summed E-state index contributed by atoms with van der Waals surface area (Å²) in [6, 6.07) is 24.1. The number of aliphatic hydroxyl groups excluding tert-OH is 2. The number of carbonyl (C=O) groups is 1. The Labute approximate surface area is 234 Å². The third-order valence-electron chi connectivity index (χ3n) is 7.67. The van der Waals surface area contributed by atoms with Gasteiger partial charge in [-0.2, -0.15) is 0 Å². The van der Waals surface area contributed by atoms with Gasteiger partial charge in [0.1, 0.15) is 30.8 Å². The molecule has 4 aromatic carbocycles. The van der Waals surface area contributed by atoms with Gasteiger partial charge in [0.15, 0.2) is 0 Å². The molecule has 0 saturated carbocycles. The largest absolute Gasteiger partial charge is 0.491 e. The second-order valence-electron chi connectivity index (χ2n) is 10.4. The molecule has 0 radical (unpaired) electrons. The molecule has 2 atom stereocenters. The van der Waals surface area contributed by atoms with Crippen LogP contribution < -0.4 is 9.47 Å². The molecule has 0 heterocycles. The van der Waals surface area contributed by atoms with E-state index in [1.165, 1.54) is 0 Å². The van der Waals surface area contributed by atoms with Crippen molar-refractivity contribution in [3.8, 4) is 33.8 Å². The summed E-state index contributed by atoms with van der Waals surface area (Å²) < 4.78 is 12.0. The van der Waals surface area contributed by atoms with E-state index in [0.29, 0.717) is 12.4 Å². The van der Waals surface area contributed by atoms with E-state index < -0.39 is 12.1 Å². The minimum atomic E-state index is -0.911. The van der Waals surface area contributed by atoms with Crippen LogP contribution in [0.15, 0.2) is 72.8 Å². The van der Waals surface area contributed by atoms with E-state index in [2.05, 4.69) is 19.1 Å². The van der Waals surface area contributed by atoms with Gasteiger partial charge in [-0.3, -0.25) is 4.79 Å². The SMILES string of the molecule is Cc1cc(OC[C@@H](O)CO)cc(C)c1-c1cccc(COc2ccc3c(c2)-c2ccccc2C3CC(=O)O)c1C. The first-order valence-corrected chi connectivity index (χ1v) is 13.5. The van der Waals surface area contributed by atoms with E-state index in [9.17, 15) is 15.0 Å². The van der Waals surface area contributed by atoms with Crippen LogP contribution in [0.1, 0.15) is 45.7 Å². The van der Waals surface area contributed by atoms with Gasteiger partial charge in [-0.05, 0) is 101 Å². The van der Waals surface area contributed by atoms with Crippen LogP contribution in [0, 0.1) is 20.8 Å². The van der Waals surface area contributed by atoms with Crippen molar-refractivity contribution in [2.24, 2.45) is 0 Å². The van der Waals surface area contributed by atoms with E-state index in [4.69, 9.17) is 14.6 Å². The Morgan fingerprint density at radius 3 is 2.25 bits per heavy atom. The van der Waals surface area contributed by atoms with Gasteiger partial charge in [-0.15, -0.1) is 0 Å². The lowest BCUT2D eigenvalue weighted by Gasteiger charge is -2.18. The van der Waals surface area contributed by atoms with Gasteiger partial charge in [0.05, 0.1) is 13.0 Å². The fourth-order valence-corrected chi connectivity index (χ4v) is 5.72. The molecule has 0 saturated heterocycles. The van der Waals surface area contributed by atoms with Crippen LogP contribution in [0.3, 0.4) is 0 Å². The third kappa shape index (κ3) is 5.46. The molecule has 0 amide bonds. The van der Waals surface area contributed by atoms with E-state index in [0.717, 1.165) is 61.4 Å². The summed E-state index contributed by atoms with van der Waals surface area (Å²) in [5, 5.41) is 28.1. The summed E-state index contributed by atoms with van der Waals surface area (Å²) >= 11 is 0. The summed E-state index contributed by atoms with van der Waals surface area (Å²) in [4.78, 5) is 11.5. The highest BCUT2D eigenvalue weighted by Crippen LogP contribution is 2.47. The molecule has 6 heteroatoms. The molecular formula is C34H34O6. The fourth-order valence-electron chi connectivity index (χ4n) is 5.72. The van der Waals surface area contributed by atoms with Crippen molar-refractivity contribution in [3.63, 3.8) is 0 Å². The quantitative estimate of drug-likeness (QED) is 0.223. The van der Waals surface area contributed by atoms with Crippen LogP contribution in [-0.2, 0) is 11.4 Å². The van der Waals surface area contributed by atoms with Crippen LogP contribution in [0.25, 0.3) is 22.3 Å². The highest BCUT2D eigenvalue weighted by molar-refractivity contribution is 5.82. The van der Waals surface area contributed by atoms with Gasteiger partial charge in [0.2, 0.25) is 0 Å². The lowest BCUT2D eigenvalue weighted by molar-refractivity contribution is -0.137. The van der Waals surface area contributed by atoms with Gasteiger partial charge in [-0.25, -0.2) is 0 Å². The monoisotopic (exact) mass is 538 g/mol. The van der Waals surface area contributed by atoms with Crippen LogP contribution in [-0.4, -0.2) is 40.6 Å². The average Bonchev–Trinajstić information content (AvgIpc) is 3.24. The number of carboxylic acid groups (broad SMARTS) is 1. The van der Waals surface area contributed by atoms with E-state index >= 15 is 0 Å².